The van der Waals surface area contributed by atoms with Crippen molar-refractivity contribution in [3.05, 3.63) is 70.4 Å². The van der Waals surface area contributed by atoms with Gasteiger partial charge in [0, 0.05) is 36.2 Å². The number of rotatable bonds is 4. The van der Waals surface area contributed by atoms with Crippen molar-refractivity contribution in [2.45, 2.75) is 6.92 Å². The van der Waals surface area contributed by atoms with Gasteiger partial charge in [0.05, 0.1) is 5.69 Å². The van der Waals surface area contributed by atoms with Crippen LogP contribution in [0.25, 0.3) is 5.57 Å². The van der Waals surface area contributed by atoms with Crippen LogP contribution in [0.3, 0.4) is 0 Å². The van der Waals surface area contributed by atoms with Gasteiger partial charge in [-0.2, -0.15) is 0 Å². The Balaban J connectivity index is 2.43. The van der Waals surface area contributed by atoms with E-state index in [-0.39, 0.29) is 16.8 Å². The summed E-state index contributed by atoms with van der Waals surface area (Å²) >= 11 is 0. The van der Waals surface area contributed by atoms with E-state index in [0.29, 0.717) is 6.07 Å². The highest BCUT2D eigenvalue weighted by molar-refractivity contribution is 6.11. The van der Waals surface area contributed by atoms with E-state index in [9.17, 15) is 22.4 Å². The first-order valence-electron chi connectivity index (χ1n) is 7.39. The van der Waals surface area contributed by atoms with Crippen LogP contribution >= 0.6 is 0 Å². The molecule has 4 nitrogen and oxygen atoms in total. The van der Waals surface area contributed by atoms with Crippen LogP contribution in [0.1, 0.15) is 22.8 Å². The lowest BCUT2D eigenvalue weighted by atomic mass is 10.0. The number of hydrogen-bond acceptors (Lipinski definition) is 3. The van der Waals surface area contributed by atoms with Gasteiger partial charge in [0.1, 0.15) is 28.8 Å². The number of halogens is 4. The smallest absolute Gasteiger partial charge is 0.261 e. The third-order valence-electron chi connectivity index (χ3n) is 3.47. The van der Waals surface area contributed by atoms with E-state index in [1.165, 1.54) is 20.2 Å². The van der Waals surface area contributed by atoms with Crippen LogP contribution in [0, 0.1) is 23.3 Å². The van der Waals surface area contributed by atoms with E-state index in [2.05, 4.69) is 4.99 Å². The second-order valence-corrected chi connectivity index (χ2v) is 5.35. The summed E-state index contributed by atoms with van der Waals surface area (Å²) in [5.74, 6) is -5.39. The molecule has 0 unspecified atom stereocenters. The Morgan fingerprint density at radius 2 is 1.69 bits per heavy atom. The number of allylic oxidation sites excluding steroid dienone is 2. The second-order valence-electron chi connectivity index (χ2n) is 5.35. The van der Waals surface area contributed by atoms with E-state index in [1.807, 2.05) is 5.32 Å². The highest BCUT2D eigenvalue weighted by Crippen LogP contribution is 2.26. The molecule has 0 saturated heterocycles. The minimum atomic E-state index is -1.24. The molecule has 0 fully saturated rings. The van der Waals surface area contributed by atoms with Gasteiger partial charge in [-0.15, -0.1) is 0 Å². The summed E-state index contributed by atoms with van der Waals surface area (Å²) in [7, 11) is 1.44. The predicted molar refractivity (Wildman–Crippen MR) is 91.9 cm³/mol. The standard InChI is InChI=1S/C18H15F4N3O/c1-9(23)11(8-24-2)10-6-15(22)16(7-14(10)21)25-18(26)17-12(19)4-3-5-13(17)20/h3-8H,23H2,1-2H3,(H,25,26)/b11-9+,24-8?. The molecular formula is C18H15F4N3O. The number of aliphatic imine (C=N–C) groups is 1. The summed E-state index contributed by atoms with van der Waals surface area (Å²) in [5, 5.41) is 1.96. The monoisotopic (exact) mass is 365 g/mol. The Morgan fingerprint density at radius 3 is 2.23 bits per heavy atom. The first-order chi connectivity index (χ1) is 12.3. The van der Waals surface area contributed by atoms with Gasteiger partial charge in [-0.05, 0) is 25.1 Å². The number of nitrogens with one attached hydrogen (secondary N) is 1. The largest absolute Gasteiger partial charge is 0.402 e. The molecule has 0 spiro atoms. The number of nitrogens with two attached hydrogens (primary N) is 1. The third-order valence-corrected chi connectivity index (χ3v) is 3.47. The number of anilines is 1. The maximum atomic E-state index is 14.4. The molecule has 8 heteroatoms. The number of carbonyl (C=O) groups is 1. The molecular weight excluding hydrogens is 350 g/mol. The maximum Gasteiger partial charge on any atom is 0.261 e. The maximum absolute atomic E-state index is 14.4. The molecule has 1 amide bonds. The van der Waals surface area contributed by atoms with Crippen LogP contribution < -0.4 is 11.1 Å². The Hall–Kier alpha value is -3.16. The number of carbonyl (C=O) groups excluding carboxylic acids is 1. The second kappa shape index (κ2) is 7.81. The molecule has 26 heavy (non-hydrogen) atoms. The van der Waals surface area contributed by atoms with Gasteiger partial charge in [0.2, 0.25) is 0 Å². The quantitative estimate of drug-likeness (QED) is 0.638. The summed E-state index contributed by atoms with van der Waals surface area (Å²) < 4.78 is 55.9. The van der Waals surface area contributed by atoms with Crippen molar-refractivity contribution in [2.75, 3.05) is 12.4 Å². The van der Waals surface area contributed by atoms with Crippen molar-refractivity contribution >= 4 is 23.4 Å². The molecule has 2 aromatic carbocycles. The molecule has 0 aliphatic heterocycles. The van der Waals surface area contributed by atoms with Crippen molar-refractivity contribution in [3.8, 4) is 0 Å². The van der Waals surface area contributed by atoms with E-state index in [4.69, 9.17) is 5.73 Å². The summed E-state index contributed by atoms with van der Waals surface area (Å²) in [6.07, 6.45) is 1.26. The van der Waals surface area contributed by atoms with Gasteiger partial charge in [-0.1, -0.05) is 6.07 Å². The average molecular weight is 365 g/mol. The van der Waals surface area contributed by atoms with Crippen molar-refractivity contribution < 1.29 is 22.4 Å². The van der Waals surface area contributed by atoms with E-state index < -0.39 is 40.4 Å². The third kappa shape index (κ3) is 3.90. The fourth-order valence-electron chi connectivity index (χ4n) is 2.26. The molecule has 0 atom stereocenters. The number of benzene rings is 2. The molecule has 3 N–H and O–H groups in total. The molecule has 0 bridgehead atoms. The topological polar surface area (TPSA) is 67.5 Å². The number of amides is 1. The minimum absolute atomic E-state index is 0.164. The van der Waals surface area contributed by atoms with Crippen LogP contribution in [-0.2, 0) is 0 Å². The first-order valence-corrected chi connectivity index (χ1v) is 7.39. The SMILES string of the molecule is CN=C/C(=C(/C)N)c1cc(F)c(NC(=O)c2c(F)cccc2F)cc1F. The van der Waals surface area contributed by atoms with Crippen molar-refractivity contribution in [3.63, 3.8) is 0 Å². The van der Waals surface area contributed by atoms with Gasteiger partial charge in [-0.3, -0.25) is 9.79 Å². The van der Waals surface area contributed by atoms with Gasteiger partial charge in [-0.25, -0.2) is 17.6 Å². The van der Waals surface area contributed by atoms with Crippen LogP contribution in [0.5, 0.6) is 0 Å². The number of hydrogen-bond donors (Lipinski definition) is 2. The van der Waals surface area contributed by atoms with Crippen molar-refractivity contribution in [2.24, 2.45) is 10.7 Å². The zero-order valence-corrected chi connectivity index (χ0v) is 13.9. The van der Waals surface area contributed by atoms with Gasteiger partial charge >= 0.3 is 0 Å². The summed E-state index contributed by atoms with van der Waals surface area (Å²) in [4.78, 5) is 15.7. The highest BCUT2D eigenvalue weighted by atomic mass is 19.1. The molecule has 0 aliphatic carbocycles. The Morgan fingerprint density at radius 1 is 1.08 bits per heavy atom. The van der Waals surface area contributed by atoms with Crippen molar-refractivity contribution in [1.82, 2.24) is 0 Å². The lowest BCUT2D eigenvalue weighted by molar-refractivity contribution is 0.101. The van der Waals surface area contributed by atoms with Crippen molar-refractivity contribution in [1.29, 1.82) is 0 Å². The Labute approximate surface area is 147 Å². The first kappa shape index (κ1) is 19.2. The molecule has 2 rings (SSSR count). The Bertz CT molecular complexity index is 899. The van der Waals surface area contributed by atoms with Crippen LogP contribution in [0.2, 0.25) is 0 Å². The average Bonchev–Trinajstić information content (AvgIpc) is 2.55. The van der Waals surface area contributed by atoms with Gasteiger partial charge in [0.15, 0.2) is 0 Å². The fourth-order valence-corrected chi connectivity index (χ4v) is 2.26. The lowest BCUT2D eigenvalue weighted by Crippen LogP contribution is -2.17. The molecule has 136 valence electrons. The lowest BCUT2D eigenvalue weighted by Gasteiger charge is -2.12. The molecule has 0 radical (unpaired) electrons. The minimum Gasteiger partial charge on any atom is -0.402 e. The Kier molecular flexibility index (Phi) is 5.76. The van der Waals surface area contributed by atoms with E-state index >= 15 is 0 Å². The zero-order chi connectivity index (χ0) is 19.4. The number of nitrogens with zero attached hydrogens (tertiary/aromatic N) is 1. The van der Waals surface area contributed by atoms with E-state index in [1.54, 1.807) is 0 Å². The fraction of sp³-hybridized carbons (Fsp3) is 0.111. The molecule has 0 heterocycles. The van der Waals surface area contributed by atoms with Crippen LogP contribution in [0.15, 0.2) is 41.0 Å². The van der Waals surface area contributed by atoms with Crippen LogP contribution in [-0.4, -0.2) is 19.2 Å². The molecule has 2 aromatic rings. The summed E-state index contributed by atoms with van der Waals surface area (Å²) in [6.45, 7) is 1.49. The summed E-state index contributed by atoms with van der Waals surface area (Å²) in [5.41, 5.74) is 4.40. The molecule has 0 saturated carbocycles. The molecule has 0 aliphatic rings. The van der Waals surface area contributed by atoms with E-state index in [0.717, 1.165) is 24.3 Å². The predicted octanol–water partition coefficient (Wildman–Crippen LogP) is 3.89. The van der Waals surface area contributed by atoms with Crippen LogP contribution in [0.4, 0.5) is 23.2 Å². The van der Waals surface area contributed by atoms with Gasteiger partial charge in [0.25, 0.3) is 5.91 Å². The summed E-state index contributed by atoms with van der Waals surface area (Å²) in [6, 6.07) is 4.35. The normalized spacial score (nSPS) is 12.2. The highest BCUT2D eigenvalue weighted by Gasteiger charge is 2.20. The zero-order valence-electron chi connectivity index (χ0n) is 13.9. The van der Waals surface area contributed by atoms with Gasteiger partial charge < -0.3 is 11.1 Å². The molecule has 0 aromatic heterocycles.